The molecule has 0 saturated heterocycles. The molecule has 1 saturated carbocycles. The first-order chi connectivity index (χ1) is 13.3. The minimum absolute atomic E-state index is 0. The summed E-state index contributed by atoms with van der Waals surface area (Å²) < 4.78 is 37.7. The molecular formula is C22H29F3KN2O2-. The van der Waals surface area contributed by atoms with Crippen LogP contribution in [-0.2, 0) is 10.2 Å². The molecule has 0 spiro atoms. The van der Waals surface area contributed by atoms with Gasteiger partial charge in [0.15, 0.2) is 5.91 Å². The minimum atomic E-state index is -4.31. The number of benzene rings is 1. The van der Waals surface area contributed by atoms with Gasteiger partial charge in [-0.1, -0.05) is 27.7 Å². The molecule has 1 amide bonds. The van der Waals surface area contributed by atoms with Crippen molar-refractivity contribution in [3.63, 3.8) is 0 Å². The summed E-state index contributed by atoms with van der Waals surface area (Å²) in [4.78, 5) is 12.0. The largest absolute Gasteiger partial charge is 1.00 e. The second kappa shape index (κ2) is 11.4. The fraction of sp³-hybridized carbons (Fsp3) is 0.545. The molecular weight excluding hydrogens is 420 g/mol. The standard InChI is InChI=1S/C22H29F3N2O2.K/c1-14(5-6-20(29)26-12-15-7-19(28)8-15)16-9-17(21(2,3)4)11-18(10-16)27-13-22(23,24)25;/h5-6,10-11,15,19,27-28H,7-8,12-13H2,1-4H3,(H,26,29);/q-2;+1/b14-5-;. The van der Waals surface area contributed by atoms with Crippen LogP contribution in [0.2, 0.25) is 0 Å². The number of aliphatic hydroxyl groups excluding tert-OH is 1. The summed E-state index contributed by atoms with van der Waals surface area (Å²) in [6, 6.07) is 6.53. The van der Waals surface area contributed by atoms with Gasteiger partial charge < -0.3 is 15.7 Å². The summed E-state index contributed by atoms with van der Waals surface area (Å²) in [5.74, 6) is 0.0691. The van der Waals surface area contributed by atoms with E-state index in [1.54, 1.807) is 25.1 Å². The molecule has 162 valence electrons. The first kappa shape index (κ1) is 27.5. The predicted molar refractivity (Wildman–Crippen MR) is 108 cm³/mol. The summed E-state index contributed by atoms with van der Waals surface area (Å²) in [6.45, 7) is 7.09. The van der Waals surface area contributed by atoms with Crippen molar-refractivity contribution in [2.45, 2.75) is 58.2 Å². The molecule has 2 rings (SSSR count). The Kier molecular flexibility index (Phi) is 10.4. The molecule has 30 heavy (non-hydrogen) atoms. The maximum atomic E-state index is 12.6. The first-order valence-corrected chi connectivity index (χ1v) is 9.70. The average Bonchev–Trinajstić information content (AvgIpc) is 2.59. The van der Waals surface area contributed by atoms with Gasteiger partial charge in [-0.15, -0.1) is 41.3 Å². The Morgan fingerprint density at radius 3 is 2.47 bits per heavy atom. The van der Waals surface area contributed by atoms with Crippen LogP contribution in [0, 0.1) is 18.4 Å². The Hall–Kier alpha value is -0.514. The number of alkyl halides is 3. The number of nitrogens with one attached hydrogen (secondary N) is 2. The van der Waals surface area contributed by atoms with Crippen molar-refractivity contribution in [1.82, 2.24) is 5.32 Å². The molecule has 3 N–H and O–H groups in total. The van der Waals surface area contributed by atoms with Crippen LogP contribution < -0.4 is 62.0 Å². The number of halogens is 3. The Labute approximate surface area is 219 Å². The van der Waals surface area contributed by atoms with E-state index in [1.165, 1.54) is 6.42 Å². The maximum Gasteiger partial charge on any atom is 1.00 e. The smallest absolute Gasteiger partial charge is 0.393 e. The van der Waals surface area contributed by atoms with Crippen LogP contribution in [0.5, 0.6) is 0 Å². The monoisotopic (exact) mass is 449 g/mol. The number of anilines is 1. The molecule has 0 aromatic heterocycles. The van der Waals surface area contributed by atoms with Gasteiger partial charge in [0.1, 0.15) is 6.54 Å². The zero-order chi connectivity index (χ0) is 21.8. The van der Waals surface area contributed by atoms with Crippen LogP contribution in [0.1, 0.15) is 51.7 Å². The Bertz CT molecular complexity index is 752. The van der Waals surface area contributed by atoms with Crippen molar-refractivity contribution in [3.05, 3.63) is 41.8 Å². The molecule has 0 heterocycles. The SMILES string of the molecule is C/C(=C/[CH-]C(=O)NCC1CC(O)C1)c1[c-]c(C(C)(C)C)cc(NCC(F)(F)F)c1.[K+]. The fourth-order valence-electron chi connectivity index (χ4n) is 2.95. The first-order valence-electron chi connectivity index (χ1n) is 9.70. The molecule has 1 aliphatic carbocycles. The third kappa shape index (κ3) is 9.32. The average molecular weight is 450 g/mol. The Balaban J connectivity index is 0.00000450. The Morgan fingerprint density at radius 1 is 1.30 bits per heavy atom. The number of carbonyl (C=O) groups is 1. The van der Waals surface area contributed by atoms with Crippen molar-refractivity contribution in [3.8, 4) is 0 Å². The van der Waals surface area contributed by atoms with E-state index >= 15 is 0 Å². The molecule has 1 fully saturated rings. The van der Waals surface area contributed by atoms with Crippen LogP contribution in [0.15, 0.2) is 18.2 Å². The quantitative estimate of drug-likeness (QED) is 0.434. The summed E-state index contributed by atoms with van der Waals surface area (Å²) in [5, 5.41) is 14.5. The number of hydrogen-bond donors (Lipinski definition) is 3. The van der Waals surface area contributed by atoms with Crippen LogP contribution in [-0.4, -0.2) is 36.4 Å². The molecule has 8 heteroatoms. The van der Waals surface area contributed by atoms with Gasteiger partial charge in [0, 0.05) is 6.54 Å². The topological polar surface area (TPSA) is 61.4 Å². The van der Waals surface area contributed by atoms with E-state index in [9.17, 15) is 23.1 Å². The number of aliphatic hydroxyl groups is 1. The number of rotatable bonds is 7. The molecule has 0 aliphatic heterocycles. The minimum Gasteiger partial charge on any atom is -0.393 e. The predicted octanol–water partition coefficient (Wildman–Crippen LogP) is 1.26. The molecule has 0 radical (unpaired) electrons. The molecule has 1 aromatic carbocycles. The van der Waals surface area contributed by atoms with Crippen molar-refractivity contribution in [1.29, 1.82) is 0 Å². The van der Waals surface area contributed by atoms with Gasteiger partial charge in [-0.3, -0.25) is 4.79 Å². The van der Waals surface area contributed by atoms with E-state index in [-0.39, 0.29) is 68.8 Å². The van der Waals surface area contributed by atoms with E-state index in [0.29, 0.717) is 36.6 Å². The van der Waals surface area contributed by atoms with Gasteiger partial charge in [-0.05, 0) is 29.9 Å². The second-order valence-electron chi connectivity index (χ2n) is 8.67. The number of carbonyl (C=O) groups excluding carboxylic acids is 1. The van der Waals surface area contributed by atoms with Gasteiger partial charge in [0.25, 0.3) is 0 Å². The number of hydrogen-bond acceptors (Lipinski definition) is 3. The Morgan fingerprint density at radius 2 is 1.93 bits per heavy atom. The van der Waals surface area contributed by atoms with Crippen LogP contribution in [0.25, 0.3) is 5.57 Å². The van der Waals surface area contributed by atoms with Crippen LogP contribution in [0.3, 0.4) is 0 Å². The normalized spacial score (nSPS) is 19.4. The third-order valence-electron chi connectivity index (χ3n) is 4.86. The molecule has 0 atom stereocenters. The van der Waals surface area contributed by atoms with Crippen molar-refractivity contribution in [2.75, 3.05) is 18.4 Å². The number of amides is 1. The maximum absolute atomic E-state index is 12.6. The molecule has 1 aromatic rings. The van der Waals surface area contributed by atoms with Crippen LogP contribution >= 0.6 is 0 Å². The van der Waals surface area contributed by atoms with Crippen molar-refractivity contribution >= 4 is 17.2 Å². The van der Waals surface area contributed by atoms with E-state index in [2.05, 4.69) is 16.7 Å². The number of allylic oxidation sites excluding steroid dienone is 1. The van der Waals surface area contributed by atoms with Gasteiger partial charge in [-0.25, -0.2) is 0 Å². The van der Waals surface area contributed by atoms with E-state index in [1.807, 2.05) is 20.8 Å². The van der Waals surface area contributed by atoms with Gasteiger partial charge in [0.05, 0.1) is 6.10 Å². The van der Waals surface area contributed by atoms with Crippen LogP contribution in [0.4, 0.5) is 18.9 Å². The van der Waals surface area contributed by atoms with Gasteiger partial charge in [0.2, 0.25) is 0 Å². The second-order valence-corrected chi connectivity index (χ2v) is 8.67. The van der Waals surface area contributed by atoms with Gasteiger partial charge >= 0.3 is 57.6 Å². The summed E-state index contributed by atoms with van der Waals surface area (Å²) in [7, 11) is 0. The third-order valence-corrected chi connectivity index (χ3v) is 4.86. The van der Waals surface area contributed by atoms with E-state index in [0.717, 1.165) is 11.1 Å². The summed E-state index contributed by atoms with van der Waals surface area (Å²) in [6.07, 6.45) is -0.112. The van der Waals surface area contributed by atoms with Crippen molar-refractivity contribution in [2.24, 2.45) is 5.92 Å². The molecule has 0 unspecified atom stereocenters. The molecule has 0 bridgehead atoms. The summed E-state index contributed by atoms with van der Waals surface area (Å²) in [5.41, 5.74) is 2.20. The van der Waals surface area contributed by atoms with E-state index < -0.39 is 12.7 Å². The van der Waals surface area contributed by atoms with Crippen molar-refractivity contribution < 1.29 is 74.5 Å². The van der Waals surface area contributed by atoms with E-state index in [4.69, 9.17) is 0 Å². The van der Waals surface area contributed by atoms with Gasteiger partial charge in [-0.2, -0.15) is 19.2 Å². The zero-order valence-electron chi connectivity index (χ0n) is 18.3. The molecule has 1 aliphatic rings. The fourth-order valence-corrected chi connectivity index (χ4v) is 2.95. The molecule has 4 nitrogen and oxygen atoms in total. The summed E-state index contributed by atoms with van der Waals surface area (Å²) >= 11 is 0. The zero-order valence-corrected chi connectivity index (χ0v) is 21.4.